The topological polar surface area (TPSA) is 93.3 Å². The zero-order valence-corrected chi connectivity index (χ0v) is 14.8. The Hall–Kier alpha value is -2.34. The van der Waals surface area contributed by atoms with Gasteiger partial charge in [-0.15, -0.1) is 0 Å². The van der Waals surface area contributed by atoms with E-state index in [9.17, 15) is 0 Å². The first-order valence-electron chi connectivity index (χ1n) is 8.89. The molecule has 4 N–H and O–H groups in total. The monoisotopic (exact) mass is 344 g/mol. The summed E-state index contributed by atoms with van der Waals surface area (Å²) in [6.45, 7) is 2.80. The Morgan fingerprint density at radius 3 is 2.68 bits per heavy atom. The molecule has 0 fully saturated rings. The molecular formula is C19H28N4O2. The zero-order valence-electron chi connectivity index (χ0n) is 14.8. The lowest BCUT2D eigenvalue weighted by atomic mass is 10.0. The normalized spacial score (nSPS) is 11.9. The third-order valence-electron chi connectivity index (χ3n) is 3.97. The van der Waals surface area contributed by atoms with Crippen LogP contribution in [0.3, 0.4) is 0 Å². The summed E-state index contributed by atoms with van der Waals surface area (Å²) in [5.74, 6) is 1.41. The van der Waals surface area contributed by atoms with Gasteiger partial charge >= 0.3 is 0 Å². The van der Waals surface area contributed by atoms with Crippen LogP contribution < -0.4 is 15.8 Å². The Balaban J connectivity index is 2.07. The van der Waals surface area contributed by atoms with Crippen molar-refractivity contribution in [2.24, 2.45) is 0 Å². The molecule has 0 saturated heterocycles. The molecule has 136 valence electrons. The lowest BCUT2D eigenvalue weighted by Crippen LogP contribution is -2.21. The maximum absolute atomic E-state index is 9.12. The highest BCUT2D eigenvalue weighted by molar-refractivity contribution is 5.51. The van der Waals surface area contributed by atoms with Gasteiger partial charge in [-0.1, -0.05) is 50.1 Å². The summed E-state index contributed by atoms with van der Waals surface area (Å²) in [6.07, 6.45) is 6.49. The Bertz CT molecular complexity index is 614. The second-order valence-electron chi connectivity index (χ2n) is 6.06. The van der Waals surface area contributed by atoms with Gasteiger partial charge in [0.05, 0.1) is 6.20 Å². The molecule has 0 saturated carbocycles. The molecule has 25 heavy (non-hydrogen) atoms. The van der Waals surface area contributed by atoms with E-state index in [0.717, 1.165) is 37.7 Å². The average molecular weight is 344 g/mol. The van der Waals surface area contributed by atoms with Crippen molar-refractivity contribution in [3.8, 4) is 5.75 Å². The number of aliphatic hydroxyl groups is 1. The maximum atomic E-state index is 9.12. The molecule has 6 heteroatoms. The Kier molecular flexibility index (Phi) is 7.98. The van der Waals surface area contributed by atoms with Crippen LogP contribution in [-0.4, -0.2) is 27.7 Å². The molecule has 1 aromatic carbocycles. The number of nitrogens with two attached hydrogens (primary N) is 1. The zero-order chi connectivity index (χ0) is 17.9. The molecule has 0 aliphatic carbocycles. The first-order valence-corrected chi connectivity index (χ1v) is 8.89. The lowest BCUT2D eigenvalue weighted by molar-refractivity contribution is 0.279. The highest BCUT2D eigenvalue weighted by Crippen LogP contribution is 2.25. The van der Waals surface area contributed by atoms with Crippen molar-refractivity contribution in [2.75, 3.05) is 17.7 Å². The van der Waals surface area contributed by atoms with E-state index in [1.54, 1.807) is 6.20 Å². The molecule has 0 bridgehead atoms. The van der Waals surface area contributed by atoms with Gasteiger partial charge in [-0.05, 0) is 24.8 Å². The predicted octanol–water partition coefficient (Wildman–Crippen LogP) is 3.38. The molecular weight excluding hydrogens is 316 g/mol. The van der Waals surface area contributed by atoms with E-state index in [1.807, 2.05) is 30.3 Å². The summed E-state index contributed by atoms with van der Waals surface area (Å²) in [5, 5.41) is 12.5. The lowest BCUT2D eigenvalue weighted by Gasteiger charge is -2.20. The van der Waals surface area contributed by atoms with E-state index in [4.69, 9.17) is 15.6 Å². The van der Waals surface area contributed by atoms with E-state index in [-0.39, 0.29) is 18.6 Å². The van der Waals surface area contributed by atoms with E-state index in [1.165, 1.54) is 0 Å². The van der Waals surface area contributed by atoms with Gasteiger partial charge in [0.2, 0.25) is 5.95 Å². The fourth-order valence-corrected chi connectivity index (χ4v) is 2.60. The molecule has 1 heterocycles. The first-order chi connectivity index (χ1) is 12.2. The van der Waals surface area contributed by atoms with Crippen LogP contribution in [0.4, 0.5) is 11.8 Å². The Morgan fingerprint density at radius 1 is 1.20 bits per heavy atom. The van der Waals surface area contributed by atoms with Crippen molar-refractivity contribution in [1.29, 1.82) is 0 Å². The average Bonchev–Trinajstić information content (AvgIpc) is 2.64. The number of rotatable bonds is 11. The molecule has 0 spiro atoms. The van der Waals surface area contributed by atoms with Crippen LogP contribution in [0, 0.1) is 0 Å². The standard InChI is InChI=1S/C19H28N4O2/c1-2-3-10-16(11-7-12-24)22-18-17(13-21-19(20)23-18)25-14-15-8-5-4-6-9-15/h4-6,8-9,13,16,24H,2-3,7,10-12,14H2,1H3,(H3,20,21,22,23)/t16-/m1/s1. The van der Waals surface area contributed by atoms with Gasteiger partial charge in [-0.3, -0.25) is 0 Å². The van der Waals surface area contributed by atoms with Crippen LogP contribution in [0.1, 0.15) is 44.6 Å². The summed E-state index contributed by atoms with van der Waals surface area (Å²) in [5.41, 5.74) is 6.83. The van der Waals surface area contributed by atoms with Crippen LogP contribution in [0.15, 0.2) is 36.5 Å². The molecule has 6 nitrogen and oxygen atoms in total. The van der Waals surface area contributed by atoms with Gasteiger partial charge in [0.1, 0.15) is 6.61 Å². The number of hydrogen-bond donors (Lipinski definition) is 3. The highest BCUT2D eigenvalue weighted by atomic mass is 16.5. The number of unbranched alkanes of at least 4 members (excludes halogenated alkanes) is 1. The molecule has 0 aliphatic heterocycles. The smallest absolute Gasteiger partial charge is 0.222 e. The number of nitrogens with one attached hydrogen (secondary N) is 1. The van der Waals surface area contributed by atoms with Gasteiger partial charge in [0.15, 0.2) is 11.6 Å². The maximum Gasteiger partial charge on any atom is 0.222 e. The van der Waals surface area contributed by atoms with Gasteiger partial charge < -0.3 is 20.9 Å². The third-order valence-corrected chi connectivity index (χ3v) is 3.97. The fraction of sp³-hybridized carbons (Fsp3) is 0.474. The quantitative estimate of drug-likeness (QED) is 0.578. The SMILES string of the molecule is CCCC[C@H](CCCO)Nc1nc(N)ncc1OCc1ccccc1. The molecule has 2 rings (SSSR count). The van der Waals surface area contributed by atoms with E-state index >= 15 is 0 Å². The van der Waals surface area contributed by atoms with E-state index in [0.29, 0.717) is 18.2 Å². The molecule has 0 aliphatic rings. The van der Waals surface area contributed by atoms with Crippen molar-refractivity contribution < 1.29 is 9.84 Å². The van der Waals surface area contributed by atoms with Gasteiger partial charge in [-0.25, -0.2) is 4.98 Å². The number of anilines is 2. The molecule has 0 unspecified atom stereocenters. The number of ether oxygens (including phenoxy) is 1. The number of benzene rings is 1. The predicted molar refractivity (Wildman–Crippen MR) is 100 cm³/mol. The minimum absolute atomic E-state index is 0.188. The second-order valence-corrected chi connectivity index (χ2v) is 6.06. The summed E-state index contributed by atoms with van der Waals surface area (Å²) < 4.78 is 5.90. The van der Waals surface area contributed by atoms with Crippen LogP contribution in [0.2, 0.25) is 0 Å². The fourth-order valence-electron chi connectivity index (χ4n) is 2.60. The summed E-state index contributed by atoms with van der Waals surface area (Å²) in [7, 11) is 0. The molecule has 0 amide bonds. The summed E-state index contributed by atoms with van der Waals surface area (Å²) in [6, 6.07) is 10.2. The largest absolute Gasteiger partial charge is 0.483 e. The van der Waals surface area contributed by atoms with Crippen molar-refractivity contribution >= 4 is 11.8 Å². The summed E-state index contributed by atoms with van der Waals surface area (Å²) >= 11 is 0. The van der Waals surface area contributed by atoms with E-state index < -0.39 is 0 Å². The third kappa shape index (κ3) is 6.58. The minimum Gasteiger partial charge on any atom is -0.483 e. The van der Waals surface area contributed by atoms with Crippen molar-refractivity contribution in [3.05, 3.63) is 42.1 Å². The van der Waals surface area contributed by atoms with Crippen molar-refractivity contribution in [2.45, 2.75) is 51.7 Å². The van der Waals surface area contributed by atoms with Crippen LogP contribution in [0.5, 0.6) is 5.75 Å². The van der Waals surface area contributed by atoms with Gasteiger partial charge in [-0.2, -0.15) is 4.98 Å². The first kappa shape index (κ1) is 19.0. The number of hydrogen-bond acceptors (Lipinski definition) is 6. The van der Waals surface area contributed by atoms with Crippen LogP contribution >= 0.6 is 0 Å². The molecule has 0 radical (unpaired) electrons. The van der Waals surface area contributed by atoms with Crippen LogP contribution in [-0.2, 0) is 6.61 Å². The Morgan fingerprint density at radius 2 is 1.96 bits per heavy atom. The number of aromatic nitrogens is 2. The Labute approximate surface area is 149 Å². The van der Waals surface area contributed by atoms with Crippen molar-refractivity contribution in [1.82, 2.24) is 9.97 Å². The summed E-state index contributed by atoms with van der Waals surface area (Å²) in [4.78, 5) is 8.35. The molecule has 1 atom stereocenters. The number of nitrogens with zero attached hydrogens (tertiary/aromatic N) is 2. The second kappa shape index (κ2) is 10.5. The molecule has 2 aromatic rings. The molecule has 1 aromatic heterocycles. The van der Waals surface area contributed by atoms with E-state index in [2.05, 4.69) is 22.2 Å². The van der Waals surface area contributed by atoms with Gasteiger partial charge in [0.25, 0.3) is 0 Å². The number of aliphatic hydroxyl groups excluding tert-OH is 1. The van der Waals surface area contributed by atoms with Crippen LogP contribution in [0.25, 0.3) is 0 Å². The van der Waals surface area contributed by atoms with Crippen molar-refractivity contribution in [3.63, 3.8) is 0 Å². The van der Waals surface area contributed by atoms with Gasteiger partial charge in [0, 0.05) is 12.6 Å². The minimum atomic E-state index is 0.188. The number of nitrogen functional groups attached to an aromatic ring is 1. The highest BCUT2D eigenvalue weighted by Gasteiger charge is 2.14.